The molecule has 1 N–H and O–H groups in total. The molecule has 94 valence electrons. The summed E-state index contributed by atoms with van der Waals surface area (Å²) in [7, 11) is 1.42. The molecule has 0 saturated carbocycles. The van der Waals surface area contributed by atoms with Crippen molar-refractivity contribution in [2.75, 3.05) is 7.11 Å². The van der Waals surface area contributed by atoms with Crippen LogP contribution in [-0.4, -0.2) is 12.2 Å². The molecule has 2 aromatic carbocycles. The van der Waals surface area contributed by atoms with Gasteiger partial charge in [-0.05, 0) is 35.7 Å². The van der Waals surface area contributed by atoms with Gasteiger partial charge in [-0.3, -0.25) is 0 Å². The molecule has 0 aliphatic carbocycles. The van der Waals surface area contributed by atoms with Crippen LogP contribution in [0.4, 0.5) is 4.39 Å². The summed E-state index contributed by atoms with van der Waals surface area (Å²) in [6.07, 6.45) is -0.827. The first kappa shape index (κ1) is 12.6. The molecule has 0 saturated heterocycles. The quantitative estimate of drug-likeness (QED) is 0.901. The molecule has 2 nitrogen and oxygen atoms in total. The maximum Gasteiger partial charge on any atom is 0.165 e. The molecular weight excluding hydrogens is 231 g/mol. The van der Waals surface area contributed by atoms with E-state index in [0.717, 1.165) is 11.1 Å². The first-order chi connectivity index (χ1) is 8.63. The van der Waals surface area contributed by atoms with Crippen molar-refractivity contribution in [3.05, 3.63) is 65.0 Å². The minimum absolute atomic E-state index is 0.191. The summed E-state index contributed by atoms with van der Waals surface area (Å²) in [5, 5.41) is 10.3. The highest BCUT2D eigenvalue weighted by Crippen LogP contribution is 2.29. The lowest BCUT2D eigenvalue weighted by molar-refractivity contribution is 0.218. The molecule has 3 heteroatoms. The number of halogens is 1. The smallest absolute Gasteiger partial charge is 0.165 e. The topological polar surface area (TPSA) is 29.5 Å². The molecule has 0 amide bonds. The summed E-state index contributed by atoms with van der Waals surface area (Å²) in [6, 6.07) is 12.1. The normalized spacial score (nSPS) is 12.2. The summed E-state index contributed by atoms with van der Waals surface area (Å²) in [5.74, 6) is -0.274. The second-order valence-corrected chi connectivity index (χ2v) is 4.16. The molecule has 0 radical (unpaired) electrons. The van der Waals surface area contributed by atoms with Crippen molar-refractivity contribution in [3.8, 4) is 5.75 Å². The number of ether oxygens (including phenoxy) is 1. The Labute approximate surface area is 106 Å². The number of aryl methyl sites for hydroxylation is 1. The fourth-order valence-corrected chi connectivity index (χ4v) is 1.94. The van der Waals surface area contributed by atoms with E-state index in [1.165, 1.54) is 13.2 Å². The fourth-order valence-electron chi connectivity index (χ4n) is 1.94. The lowest BCUT2D eigenvalue weighted by atomic mass is 9.97. The van der Waals surface area contributed by atoms with E-state index in [-0.39, 0.29) is 5.75 Å². The zero-order valence-electron chi connectivity index (χ0n) is 10.4. The van der Waals surface area contributed by atoms with Gasteiger partial charge in [-0.25, -0.2) is 4.39 Å². The molecule has 0 fully saturated rings. The van der Waals surface area contributed by atoms with Gasteiger partial charge in [0.05, 0.1) is 7.11 Å². The molecule has 0 aliphatic rings. The van der Waals surface area contributed by atoms with E-state index in [4.69, 9.17) is 4.74 Å². The van der Waals surface area contributed by atoms with Crippen LogP contribution in [0.15, 0.2) is 42.5 Å². The first-order valence-electron chi connectivity index (χ1n) is 5.70. The lowest BCUT2D eigenvalue weighted by Gasteiger charge is -2.15. The third-order valence-corrected chi connectivity index (χ3v) is 2.95. The van der Waals surface area contributed by atoms with Crippen LogP contribution in [0, 0.1) is 12.7 Å². The van der Waals surface area contributed by atoms with E-state index in [0.29, 0.717) is 5.56 Å². The number of rotatable bonds is 3. The van der Waals surface area contributed by atoms with E-state index in [1.54, 1.807) is 6.07 Å². The third-order valence-electron chi connectivity index (χ3n) is 2.95. The Morgan fingerprint density at radius 1 is 1.17 bits per heavy atom. The van der Waals surface area contributed by atoms with E-state index >= 15 is 0 Å². The summed E-state index contributed by atoms with van der Waals surface area (Å²) < 4.78 is 18.6. The van der Waals surface area contributed by atoms with Gasteiger partial charge in [-0.2, -0.15) is 0 Å². The van der Waals surface area contributed by atoms with Crippen molar-refractivity contribution in [1.82, 2.24) is 0 Å². The number of benzene rings is 2. The molecule has 2 aromatic rings. The molecule has 0 aliphatic heterocycles. The van der Waals surface area contributed by atoms with Crippen molar-refractivity contribution in [3.63, 3.8) is 0 Å². The Hall–Kier alpha value is -1.87. The summed E-state index contributed by atoms with van der Waals surface area (Å²) >= 11 is 0. The Bertz CT molecular complexity index is 538. The summed E-state index contributed by atoms with van der Waals surface area (Å²) in [5.41, 5.74) is 2.09. The van der Waals surface area contributed by atoms with Gasteiger partial charge in [0.15, 0.2) is 11.6 Å². The Kier molecular flexibility index (Phi) is 3.63. The van der Waals surface area contributed by atoms with Crippen molar-refractivity contribution in [2.24, 2.45) is 0 Å². The van der Waals surface area contributed by atoms with E-state index < -0.39 is 11.9 Å². The van der Waals surface area contributed by atoms with Crippen molar-refractivity contribution >= 4 is 0 Å². The van der Waals surface area contributed by atoms with Gasteiger partial charge < -0.3 is 9.84 Å². The molecule has 0 spiro atoms. The van der Waals surface area contributed by atoms with Crippen LogP contribution in [-0.2, 0) is 0 Å². The van der Waals surface area contributed by atoms with Gasteiger partial charge in [0.1, 0.15) is 6.10 Å². The maximum atomic E-state index is 13.7. The number of hydrogen-bond acceptors (Lipinski definition) is 2. The summed E-state index contributed by atoms with van der Waals surface area (Å²) in [4.78, 5) is 0. The van der Waals surface area contributed by atoms with Gasteiger partial charge in [0, 0.05) is 0 Å². The van der Waals surface area contributed by atoms with Crippen LogP contribution in [0.5, 0.6) is 5.75 Å². The predicted octanol–water partition coefficient (Wildman–Crippen LogP) is 3.22. The Balaban J connectivity index is 2.43. The van der Waals surface area contributed by atoms with Gasteiger partial charge in [0.2, 0.25) is 0 Å². The lowest BCUT2D eigenvalue weighted by Crippen LogP contribution is -2.03. The number of hydrogen-bond donors (Lipinski definition) is 1. The standard InChI is InChI=1S/C15H15FO2/c1-10-8-14(18-2)13(16)9-12(10)15(17)11-6-4-3-5-7-11/h3-9,15,17H,1-2H3. The minimum Gasteiger partial charge on any atom is -0.494 e. The third kappa shape index (κ3) is 2.36. The number of aliphatic hydroxyl groups is 1. The summed E-state index contributed by atoms with van der Waals surface area (Å²) in [6.45, 7) is 1.82. The zero-order chi connectivity index (χ0) is 13.1. The van der Waals surface area contributed by atoms with Crippen LogP contribution in [0.2, 0.25) is 0 Å². The average Bonchev–Trinajstić information content (AvgIpc) is 2.41. The molecule has 1 atom stereocenters. The molecule has 2 rings (SSSR count). The number of aliphatic hydroxyl groups excluding tert-OH is 1. The van der Waals surface area contributed by atoms with Gasteiger partial charge in [-0.15, -0.1) is 0 Å². The Morgan fingerprint density at radius 2 is 1.83 bits per heavy atom. The van der Waals surface area contributed by atoms with Crippen LogP contribution in [0.25, 0.3) is 0 Å². The van der Waals surface area contributed by atoms with Crippen molar-refractivity contribution in [1.29, 1.82) is 0 Å². The average molecular weight is 246 g/mol. The second-order valence-electron chi connectivity index (χ2n) is 4.16. The van der Waals surface area contributed by atoms with Crippen molar-refractivity contribution in [2.45, 2.75) is 13.0 Å². The SMILES string of the molecule is COc1cc(C)c(C(O)c2ccccc2)cc1F. The molecule has 0 bridgehead atoms. The monoisotopic (exact) mass is 246 g/mol. The van der Waals surface area contributed by atoms with Crippen molar-refractivity contribution < 1.29 is 14.2 Å². The second kappa shape index (κ2) is 5.19. The largest absolute Gasteiger partial charge is 0.494 e. The molecular formula is C15H15FO2. The van der Waals surface area contributed by atoms with E-state index in [9.17, 15) is 9.50 Å². The highest BCUT2D eigenvalue weighted by molar-refractivity contribution is 5.41. The minimum atomic E-state index is -0.827. The van der Waals surface area contributed by atoms with Crippen LogP contribution >= 0.6 is 0 Å². The van der Waals surface area contributed by atoms with Crippen LogP contribution < -0.4 is 4.74 Å². The van der Waals surface area contributed by atoms with Gasteiger partial charge in [0.25, 0.3) is 0 Å². The van der Waals surface area contributed by atoms with Crippen LogP contribution in [0.1, 0.15) is 22.8 Å². The van der Waals surface area contributed by atoms with Gasteiger partial charge in [-0.1, -0.05) is 30.3 Å². The molecule has 0 aromatic heterocycles. The molecule has 1 unspecified atom stereocenters. The Morgan fingerprint density at radius 3 is 2.44 bits per heavy atom. The van der Waals surface area contributed by atoms with E-state index in [1.807, 2.05) is 37.3 Å². The molecule has 0 heterocycles. The van der Waals surface area contributed by atoms with E-state index in [2.05, 4.69) is 0 Å². The van der Waals surface area contributed by atoms with Gasteiger partial charge >= 0.3 is 0 Å². The number of methoxy groups -OCH3 is 1. The van der Waals surface area contributed by atoms with Crippen LogP contribution in [0.3, 0.4) is 0 Å². The highest BCUT2D eigenvalue weighted by Gasteiger charge is 2.16. The molecule has 18 heavy (non-hydrogen) atoms. The first-order valence-corrected chi connectivity index (χ1v) is 5.70. The predicted molar refractivity (Wildman–Crippen MR) is 68.2 cm³/mol. The zero-order valence-corrected chi connectivity index (χ0v) is 10.4. The fraction of sp³-hybridized carbons (Fsp3) is 0.200. The maximum absolute atomic E-state index is 13.7. The highest BCUT2D eigenvalue weighted by atomic mass is 19.1.